The molecule has 2 heterocycles. The minimum absolute atomic E-state index is 0.288. The van der Waals surface area contributed by atoms with Crippen LogP contribution in [0.4, 0.5) is 0 Å². The maximum Gasteiger partial charge on any atom is 0.265 e. The van der Waals surface area contributed by atoms with Crippen molar-refractivity contribution < 1.29 is 4.79 Å². The Morgan fingerprint density at radius 2 is 1.96 bits per heavy atom. The number of hydrogen-bond acceptors (Lipinski definition) is 2. The molecule has 1 amide bonds. The molecule has 0 saturated carbocycles. The quantitative estimate of drug-likeness (QED) is 0.638. The van der Waals surface area contributed by atoms with E-state index >= 15 is 0 Å². The van der Waals surface area contributed by atoms with Crippen LogP contribution in [0.15, 0.2) is 24.4 Å². The Kier molecular flexibility index (Phi) is 6.63. The maximum absolute atomic E-state index is 11.8. The van der Waals surface area contributed by atoms with Crippen molar-refractivity contribution in [3.05, 3.63) is 30.1 Å². The summed E-state index contributed by atoms with van der Waals surface area (Å²) in [4.78, 5) is 16.3. The SMILES string of the molecule is CCCCCCCCC(CC)n1c(C(N)=O)cc2cccnc21. The van der Waals surface area contributed by atoms with Crippen molar-refractivity contribution in [2.75, 3.05) is 0 Å². The molecule has 0 fully saturated rings. The summed E-state index contributed by atoms with van der Waals surface area (Å²) in [6.07, 6.45) is 11.5. The highest BCUT2D eigenvalue weighted by Gasteiger charge is 2.19. The van der Waals surface area contributed by atoms with Gasteiger partial charge < -0.3 is 10.3 Å². The molecule has 0 bridgehead atoms. The summed E-state index contributed by atoms with van der Waals surface area (Å²) in [7, 11) is 0. The molecule has 4 heteroatoms. The molecule has 0 saturated heterocycles. The topological polar surface area (TPSA) is 60.9 Å². The third kappa shape index (κ3) is 4.34. The van der Waals surface area contributed by atoms with Crippen LogP contribution in [0.2, 0.25) is 0 Å². The Balaban J connectivity index is 2.12. The van der Waals surface area contributed by atoms with E-state index in [9.17, 15) is 4.79 Å². The van der Waals surface area contributed by atoms with Crippen molar-refractivity contribution in [1.29, 1.82) is 0 Å². The van der Waals surface area contributed by atoms with E-state index in [1.165, 1.54) is 38.5 Å². The van der Waals surface area contributed by atoms with Gasteiger partial charge in [0, 0.05) is 17.6 Å². The van der Waals surface area contributed by atoms with Gasteiger partial charge >= 0.3 is 0 Å². The Bertz CT molecular complexity index is 633. The number of rotatable bonds is 10. The Morgan fingerprint density at radius 3 is 2.65 bits per heavy atom. The van der Waals surface area contributed by atoms with Crippen LogP contribution in [0.5, 0.6) is 0 Å². The highest BCUT2D eigenvalue weighted by atomic mass is 16.1. The van der Waals surface area contributed by atoms with Gasteiger partial charge in [0.05, 0.1) is 0 Å². The average Bonchev–Trinajstić information content (AvgIpc) is 2.94. The van der Waals surface area contributed by atoms with E-state index in [0.717, 1.165) is 23.9 Å². The molecular formula is C19H29N3O. The number of nitrogens with zero attached hydrogens (tertiary/aromatic N) is 2. The van der Waals surface area contributed by atoms with E-state index in [1.807, 2.05) is 18.2 Å². The molecule has 2 aromatic rings. The van der Waals surface area contributed by atoms with Crippen molar-refractivity contribution in [3.63, 3.8) is 0 Å². The zero-order valence-corrected chi connectivity index (χ0v) is 14.4. The zero-order valence-electron chi connectivity index (χ0n) is 14.4. The van der Waals surface area contributed by atoms with Gasteiger partial charge in [-0.05, 0) is 31.0 Å². The maximum atomic E-state index is 11.8. The molecule has 0 spiro atoms. The predicted molar refractivity (Wildman–Crippen MR) is 95.6 cm³/mol. The molecule has 2 rings (SSSR count). The van der Waals surface area contributed by atoms with Crippen molar-refractivity contribution >= 4 is 16.9 Å². The van der Waals surface area contributed by atoms with Gasteiger partial charge in [0.25, 0.3) is 5.91 Å². The van der Waals surface area contributed by atoms with E-state index < -0.39 is 0 Å². The standard InChI is InChI=1S/C19H29N3O/c1-3-5-6-7-8-9-12-16(4-2)22-17(18(20)23)14-15-11-10-13-21-19(15)22/h10-11,13-14,16H,3-9,12H2,1-2H3,(H2,20,23). The molecule has 2 N–H and O–H groups in total. The second-order valence-corrected chi connectivity index (χ2v) is 6.30. The second-order valence-electron chi connectivity index (χ2n) is 6.30. The zero-order chi connectivity index (χ0) is 16.7. The molecule has 1 atom stereocenters. The van der Waals surface area contributed by atoms with Gasteiger partial charge in [0.2, 0.25) is 0 Å². The molecule has 4 nitrogen and oxygen atoms in total. The number of nitrogens with two attached hydrogens (primary N) is 1. The van der Waals surface area contributed by atoms with Gasteiger partial charge in [0.1, 0.15) is 11.3 Å². The van der Waals surface area contributed by atoms with E-state index in [0.29, 0.717) is 5.69 Å². The average molecular weight is 315 g/mol. The number of aromatic nitrogens is 2. The molecule has 0 radical (unpaired) electrons. The third-order valence-electron chi connectivity index (χ3n) is 4.58. The van der Waals surface area contributed by atoms with Crippen molar-refractivity contribution in [3.8, 4) is 0 Å². The first-order valence-electron chi connectivity index (χ1n) is 8.94. The number of pyridine rings is 1. The summed E-state index contributed by atoms with van der Waals surface area (Å²) in [5.41, 5.74) is 7.05. The van der Waals surface area contributed by atoms with Crippen LogP contribution in [0, 0.1) is 0 Å². The van der Waals surface area contributed by atoms with Gasteiger partial charge in [0.15, 0.2) is 0 Å². The number of hydrogen-bond donors (Lipinski definition) is 1. The van der Waals surface area contributed by atoms with Crippen LogP contribution < -0.4 is 5.73 Å². The number of fused-ring (bicyclic) bond motifs is 1. The molecule has 0 aliphatic heterocycles. The van der Waals surface area contributed by atoms with Crippen molar-refractivity contribution in [2.45, 2.75) is 71.3 Å². The fraction of sp³-hybridized carbons (Fsp3) is 0.579. The fourth-order valence-electron chi connectivity index (χ4n) is 3.29. The molecule has 126 valence electrons. The molecule has 1 unspecified atom stereocenters. The normalized spacial score (nSPS) is 12.6. The van der Waals surface area contributed by atoms with Gasteiger partial charge in [-0.2, -0.15) is 0 Å². The minimum atomic E-state index is -0.371. The van der Waals surface area contributed by atoms with Crippen LogP contribution in [0.3, 0.4) is 0 Å². The summed E-state index contributed by atoms with van der Waals surface area (Å²) < 4.78 is 2.06. The third-order valence-corrected chi connectivity index (χ3v) is 4.58. The van der Waals surface area contributed by atoms with Gasteiger partial charge in [-0.25, -0.2) is 4.98 Å². The first-order valence-corrected chi connectivity index (χ1v) is 8.94. The molecule has 0 aliphatic rings. The van der Waals surface area contributed by atoms with Crippen LogP contribution >= 0.6 is 0 Å². The monoisotopic (exact) mass is 315 g/mol. The number of amides is 1. The lowest BCUT2D eigenvalue weighted by molar-refractivity contribution is 0.0989. The van der Waals surface area contributed by atoms with Crippen LogP contribution in [0.25, 0.3) is 11.0 Å². The van der Waals surface area contributed by atoms with E-state index in [2.05, 4.69) is 23.4 Å². The van der Waals surface area contributed by atoms with Crippen molar-refractivity contribution in [1.82, 2.24) is 9.55 Å². The summed E-state index contributed by atoms with van der Waals surface area (Å²) in [5.74, 6) is -0.371. The first-order chi connectivity index (χ1) is 11.2. The molecule has 0 aromatic carbocycles. The lowest BCUT2D eigenvalue weighted by atomic mass is 10.0. The summed E-state index contributed by atoms with van der Waals surface area (Å²) in [5, 5.41) is 0.989. The van der Waals surface area contributed by atoms with E-state index in [4.69, 9.17) is 5.73 Å². The van der Waals surface area contributed by atoms with Crippen LogP contribution in [-0.2, 0) is 0 Å². The minimum Gasteiger partial charge on any atom is -0.364 e. The summed E-state index contributed by atoms with van der Waals surface area (Å²) in [6.45, 7) is 4.41. The van der Waals surface area contributed by atoms with Gasteiger partial charge in [-0.15, -0.1) is 0 Å². The highest BCUT2D eigenvalue weighted by Crippen LogP contribution is 2.28. The van der Waals surface area contributed by atoms with Crippen LogP contribution in [-0.4, -0.2) is 15.5 Å². The Hall–Kier alpha value is -1.84. The second kappa shape index (κ2) is 8.70. The Labute approximate surface area is 139 Å². The van der Waals surface area contributed by atoms with E-state index in [1.54, 1.807) is 6.20 Å². The fourth-order valence-corrected chi connectivity index (χ4v) is 3.29. The molecule has 0 aliphatic carbocycles. The lowest BCUT2D eigenvalue weighted by Gasteiger charge is -2.20. The largest absolute Gasteiger partial charge is 0.364 e. The summed E-state index contributed by atoms with van der Waals surface area (Å²) in [6, 6.07) is 6.04. The number of carbonyl (C=O) groups excluding carboxylic acids is 1. The molecule has 23 heavy (non-hydrogen) atoms. The molecular weight excluding hydrogens is 286 g/mol. The molecule has 2 aromatic heterocycles. The van der Waals surface area contributed by atoms with Crippen LogP contribution in [0.1, 0.15) is 81.7 Å². The summed E-state index contributed by atoms with van der Waals surface area (Å²) >= 11 is 0. The smallest absolute Gasteiger partial charge is 0.265 e. The predicted octanol–water partition coefficient (Wildman–Crippen LogP) is 4.84. The van der Waals surface area contributed by atoms with E-state index in [-0.39, 0.29) is 11.9 Å². The van der Waals surface area contributed by atoms with Crippen molar-refractivity contribution in [2.24, 2.45) is 5.73 Å². The lowest BCUT2D eigenvalue weighted by Crippen LogP contribution is -2.20. The van der Waals surface area contributed by atoms with Gasteiger partial charge in [-0.3, -0.25) is 4.79 Å². The number of carbonyl (C=O) groups is 1. The first kappa shape index (κ1) is 17.5. The Morgan fingerprint density at radius 1 is 1.22 bits per heavy atom. The number of unbranched alkanes of at least 4 members (excludes halogenated alkanes) is 5. The highest BCUT2D eigenvalue weighted by molar-refractivity contribution is 5.97. The number of primary amides is 1. The van der Waals surface area contributed by atoms with Gasteiger partial charge in [-0.1, -0.05) is 52.4 Å².